The number of rotatable bonds is 5. The van der Waals surface area contributed by atoms with Gasteiger partial charge >= 0.3 is 6.09 Å². The normalized spacial score (nSPS) is 13.2. The fourth-order valence-corrected chi connectivity index (χ4v) is 4.60. The number of carbonyl (C=O) groups excluding carboxylic acids is 2. The van der Waals surface area contributed by atoms with Gasteiger partial charge in [-0.1, -0.05) is 24.3 Å². The fraction of sp³-hybridized carbons (Fsp3) is 0.148. The molecule has 0 aromatic heterocycles. The second kappa shape index (κ2) is 8.48. The van der Waals surface area contributed by atoms with Crippen molar-refractivity contribution in [2.45, 2.75) is 0 Å². The highest BCUT2D eigenvalue weighted by Crippen LogP contribution is 2.40. The van der Waals surface area contributed by atoms with E-state index in [1.54, 1.807) is 42.5 Å². The molecule has 176 valence electrons. The maximum Gasteiger partial charge on any atom is 0.416 e. The van der Waals surface area contributed by atoms with Crippen molar-refractivity contribution in [3.8, 4) is 0 Å². The minimum Gasteiger partial charge on any atom is -0.464 e. The topological polar surface area (TPSA) is 81.2 Å². The number of amides is 3. The molecule has 0 radical (unpaired) electrons. The predicted molar refractivity (Wildman–Crippen MR) is 132 cm³/mol. The number of hydrogen-bond donors (Lipinski definition) is 1. The summed E-state index contributed by atoms with van der Waals surface area (Å²) in [4.78, 5) is 43.4. The van der Waals surface area contributed by atoms with Crippen LogP contribution < -0.4 is 4.90 Å². The lowest BCUT2D eigenvalue weighted by molar-refractivity contribution is 0.0602. The molecule has 0 saturated carbocycles. The molecule has 0 spiro atoms. The number of fused-ring (bicyclic) bond motifs is 2. The Balaban J connectivity index is 1.79. The lowest BCUT2D eigenvalue weighted by Gasteiger charge is -2.30. The lowest BCUT2D eigenvalue weighted by atomic mass is 9.89. The van der Waals surface area contributed by atoms with E-state index in [1.807, 2.05) is 19.0 Å². The van der Waals surface area contributed by atoms with Crippen LogP contribution in [0.15, 0.2) is 66.7 Å². The summed E-state index contributed by atoms with van der Waals surface area (Å²) >= 11 is 0. The molecule has 0 saturated heterocycles. The largest absolute Gasteiger partial charge is 0.464 e. The third-order valence-corrected chi connectivity index (χ3v) is 6.22. The number of hydrogen-bond acceptors (Lipinski definition) is 4. The first-order valence-corrected chi connectivity index (χ1v) is 11.1. The van der Waals surface area contributed by atoms with Crippen LogP contribution in [-0.2, 0) is 0 Å². The molecular weight excluding hydrogens is 449 g/mol. The second-order valence-electron chi connectivity index (χ2n) is 8.69. The Bertz CT molecular complexity index is 1510. The fourth-order valence-electron chi connectivity index (χ4n) is 4.60. The van der Waals surface area contributed by atoms with Crippen molar-refractivity contribution >= 4 is 50.8 Å². The van der Waals surface area contributed by atoms with E-state index < -0.39 is 17.8 Å². The van der Waals surface area contributed by atoms with Gasteiger partial charge in [-0.3, -0.25) is 14.5 Å². The van der Waals surface area contributed by atoms with Gasteiger partial charge in [-0.15, -0.1) is 0 Å². The third-order valence-electron chi connectivity index (χ3n) is 6.22. The number of carbonyl (C=O) groups is 3. The number of imide groups is 1. The molecule has 1 N–H and O–H groups in total. The minimum atomic E-state index is -1.25. The maximum atomic E-state index is 13.7. The molecule has 1 aliphatic heterocycles. The monoisotopic (exact) mass is 471 g/mol. The zero-order valence-electron chi connectivity index (χ0n) is 19.2. The Hall–Kier alpha value is -4.30. The lowest BCUT2D eigenvalue weighted by Crippen LogP contribution is -2.43. The van der Waals surface area contributed by atoms with Crippen LogP contribution in [0.3, 0.4) is 0 Å². The number of likely N-dealkylation sites (N-methyl/N-ethyl adjacent to an activating group) is 1. The summed E-state index contributed by atoms with van der Waals surface area (Å²) in [7, 11) is 3.73. The quantitative estimate of drug-likeness (QED) is 0.323. The molecule has 0 bridgehead atoms. The predicted octanol–water partition coefficient (Wildman–Crippen LogP) is 5.11. The molecule has 5 rings (SSSR count). The van der Waals surface area contributed by atoms with E-state index in [1.165, 1.54) is 29.2 Å². The molecular formula is C27H22FN3O4. The summed E-state index contributed by atoms with van der Waals surface area (Å²) in [6.07, 6.45) is -1.25. The van der Waals surface area contributed by atoms with Gasteiger partial charge in [0.15, 0.2) is 0 Å². The van der Waals surface area contributed by atoms with Crippen LogP contribution in [0.5, 0.6) is 0 Å². The van der Waals surface area contributed by atoms with E-state index in [2.05, 4.69) is 0 Å². The van der Waals surface area contributed by atoms with Crippen LogP contribution in [0.2, 0.25) is 0 Å². The first-order valence-electron chi connectivity index (χ1n) is 11.1. The number of anilines is 2. The van der Waals surface area contributed by atoms with Crippen molar-refractivity contribution < 1.29 is 23.9 Å². The van der Waals surface area contributed by atoms with Crippen LogP contribution in [0.4, 0.5) is 20.6 Å². The van der Waals surface area contributed by atoms with Gasteiger partial charge in [0.05, 0.1) is 16.9 Å². The minimum absolute atomic E-state index is 0.230. The Morgan fingerprint density at radius 3 is 2.34 bits per heavy atom. The standard InChI is InChI=1S/C27H22FN3O4/c1-29(2)13-14-30-25(32)20-7-3-5-16-15-21-19(24(23(16)20)26(30)33)6-4-8-22(21)31(27(34)35)18-11-9-17(28)10-12-18/h3-12,15H,13-14H2,1-2H3,(H,34,35). The number of nitrogens with zero attached hydrogens (tertiary/aromatic N) is 3. The van der Waals surface area contributed by atoms with Crippen molar-refractivity contribution in [2.24, 2.45) is 0 Å². The first kappa shape index (κ1) is 22.5. The molecule has 35 heavy (non-hydrogen) atoms. The van der Waals surface area contributed by atoms with Gasteiger partial charge in [0.1, 0.15) is 5.82 Å². The molecule has 8 heteroatoms. The van der Waals surface area contributed by atoms with Crippen LogP contribution in [0.1, 0.15) is 20.7 Å². The van der Waals surface area contributed by atoms with Crippen molar-refractivity contribution in [1.82, 2.24) is 9.80 Å². The summed E-state index contributed by atoms with van der Waals surface area (Å²) in [5, 5.41) is 12.4. The first-order chi connectivity index (χ1) is 16.8. The van der Waals surface area contributed by atoms with Gasteiger partial charge in [-0.05, 0) is 67.3 Å². The van der Waals surface area contributed by atoms with Crippen molar-refractivity contribution in [3.05, 3.63) is 83.7 Å². The highest BCUT2D eigenvalue weighted by Gasteiger charge is 2.34. The molecule has 0 aliphatic carbocycles. The van der Waals surface area contributed by atoms with Crippen molar-refractivity contribution in [1.29, 1.82) is 0 Å². The number of benzene rings is 4. The number of carboxylic acid groups (broad SMARTS) is 1. The van der Waals surface area contributed by atoms with Gasteiger partial charge in [0, 0.05) is 29.4 Å². The van der Waals surface area contributed by atoms with Gasteiger partial charge in [-0.2, -0.15) is 0 Å². The molecule has 0 atom stereocenters. The molecule has 1 aliphatic rings. The summed E-state index contributed by atoms with van der Waals surface area (Å²) in [6.45, 7) is 0.740. The zero-order chi connectivity index (χ0) is 24.9. The van der Waals surface area contributed by atoms with Crippen LogP contribution in [0, 0.1) is 5.82 Å². The van der Waals surface area contributed by atoms with E-state index in [0.29, 0.717) is 44.9 Å². The van der Waals surface area contributed by atoms with E-state index >= 15 is 0 Å². The summed E-state index contributed by atoms with van der Waals surface area (Å²) in [5.41, 5.74) is 1.41. The SMILES string of the molecule is CN(C)CCN1C(=O)c2cccc3cc4c(N(C(=O)O)c5ccc(F)cc5)cccc4c(c23)C1=O. The van der Waals surface area contributed by atoms with Crippen LogP contribution >= 0.6 is 0 Å². The Morgan fingerprint density at radius 2 is 1.66 bits per heavy atom. The molecule has 4 aromatic rings. The highest BCUT2D eigenvalue weighted by molar-refractivity contribution is 6.31. The highest BCUT2D eigenvalue weighted by atomic mass is 19.1. The molecule has 7 nitrogen and oxygen atoms in total. The average Bonchev–Trinajstić information content (AvgIpc) is 2.82. The van der Waals surface area contributed by atoms with E-state index in [0.717, 1.165) is 4.90 Å². The van der Waals surface area contributed by atoms with Crippen molar-refractivity contribution in [3.63, 3.8) is 0 Å². The summed E-state index contributed by atoms with van der Waals surface area (Å²) in [5.74, 6) is -1.23. The van der Waals surface area contributed by atoms with Crippen LogP contribution in [-0.4, -0.2) is 60.0 Å². The molecule has 0 unspecified atom stereocenters. The van der Waals surface area contributed by atoms with Crippen LogP contribution in [0.25, 0.3) is 21.5 Å². The Labute approximate surface area is 200 Å². The van der Waals surface area contributed by atoms with Gasteiger partial charge in [-0.25, -0.2) is 14.1 Å². The van der Waals surface area contributed by atoms with E-state index in [9.17, 15) is 23.9 Å². The molecule has 0 fully saturated rings. The van der Waals surface area contributed by atoms with Gasteiger partial charge in [0.2, 0.25) is 0 Å². The second-order valence-corrected chi connectivity index (χ2v) is 8.69. The molecule has 1 heterocycles. The summed E-state index contributed by atoms with van der Waals surface area (Å²) in [6, 6.07) is 17.3. The average molecular weight is 471 g/mol. The summed E-state index contributed by atoms with van der Waals surface area (Å²) < 4.78 is 13.5. The van der Waals surface area contributed by atoms with E-state index in [-0.39, 0.29) is 18.1 Å². The maximum absolute atomic E-state index is 13.7. The van der Waals surface area contributed by atoms with Crippen molar-refractivity contribution in [2.75, 3.05) is 32.1 Å². The Morgan fingerprint density at radius 1 is 0.943 bits per heavy atom. The van der Waals surface area contributed by atoms with Gasteiger partial charge in [0.25, 0.3) is 11.8 Å². The Kier molecular flexibility index (Phi) is 5.45. The smallest absolute Gasteiger partial charge is 0.416 e. The molecule has 4 aromatic carbocycles. The third kappa shape index (κ3) is 3.68. The van der Waals surface area contributed by atoms with Gasteiger partial charge < -0.3 is 10.0 Å². The zero-order valence-corrected chi connectivity index (χ0v) is 19.2. The molecule has 3 amide bonds. The number of halogens is 1. The van der Waals surface area contributed by atoms with E-state index in [4.69, 9.17) is 0 Å².